The molecule has 7 nitrogen and oxygen atoms in total. The highest BCUT2D eigenvalue weighted by molar-refractivity contribution is 5.41. The Labute approximate surface area is 211 Å². The van der Waals surface area contributed by atoms with Crippen molar-refractivity contribution in [1.82, 2.24) is 0 Å². The lowest BCUT2D eigenvalue weighted by Crippen LogP contribution is -2.49. The van der Waals surface area contributed by atoms with Gasteiger partial charge >= 0.3 is 0 Å². The van der Waals surface area contributed by atoms with Gasteiger partial charge in [0.25, 0.3) is 0 Å². The minimum absolute atomic E-state index is 0.579. The van der Waals surface area contributed by atoms with Crippen LogP contribution in [0.2, 0.25) is 0 Å². The van der Waals surface area contributed by atoms with Gasteiger partial charge < -0.3 is 23.7 Å². The number of nitrogens with two attached hydrogens (primary N) is 2. The third-order valence-corrected chi connectivity index (χ3v) is 6.30. The summed E-state index contributed by atoms with van der Waals surface area (Å²) in [6, 6.07) is 12.2. The normalized spacial score (nSPS) is 15.1. The Balaban J connectivity index is 2.48. The molecule has 0 aliphatic heterocycles. The summed E-state index contributed by atoms with van der Waals surface area (Å²) < 4.78 is 28.0. The Bertz CT molecular complexity index is 841. The van der Waals surface area contributed by atoms with Gasteiger partial charge in [-0.25, -0.2) is 0 Å². The molecule has 2 aromatic carbocycles. The molecule has 196 valence electrons. The zero-order valence-electron chi connectivity index (χ0n) is 22.3. The first-order valence-corrected chi connectivity index (χ1v) is 12.2. The Morgan fingerprint density at radius 1 is 0.571 bits per heavy atom. The van der Waals surface area contributed by atoms with Crippen LogP contribution in [0, 0.1) is 0 Å². The molecule has 0 aromatic heterocycles. The molecule has 0 aliphatic rings. The van der Waals surface area contributed by atoms with Gasteiger partial charge in [-0.3, -0.25) is 11.5 Å². The molecule has 4 N–H and O–H groups in total. The van der Waals surface area contributed by atoms with Crippen LogP contribution < -0.4 is 11.5 Å². The highest BCUT2D eigenvalue weighted by Crippen LogP contribution is 2.35. The molecule has 0 saturated carbocycles. The van der Waals surface area contributed by atoms with Crippen molar-refractivity contribution in [3.63, 3.8) is 0 Å². The van der Waals surface area contributed by atoms with Crippen LogP contribution in [0.1, 0.15) is 47.2 Å². The van der Waals surface area contributed by atoms with Crippen molar-refractivity contribution in [2.75, 3.05) is 54.9 Å². The van der Waals surface area contributed by atoms with E-state index in [4.69, 9.17) is 35.2 Å². The van der Waals surface area contributed by atoms with E-state index in [1.54, 1.807) is 28.4 Å². The average Bonchev–Trinajstić information content (AvgIpc) is 2.83. The summed E-state index contributed by atoms with van der Waals surface area (Å²) in [4.78, 5) is 0. The lowest BCUT2D eigenvalue weighted by atomic mass is 9.89. The molecule has 7 heteroatoms. The molecule has 2 aromatic rings. The van der Waals surface area contributed by atoms with Crippen LogP contribution in [-0.2, 0) is 60.8 Å². The van der Waals surface area contributed by atoms with Crippen molar-refractivity contribution in [1.29, 1.82) is 0 Å². The molecule has 0 spiro atoms. The first-order valence-electron chi connectivity index (χ1n) is 12.2. The largest absolute Gasteiger partial charge is 0.384 e. The second-order valence-corrected chi connectivity index (χ2v) is 9.17. The molecule has 0 amide bonds. The van der Waals surface area contributed by atoms with Gasteiger partial charge in [0.2, 0.25) is 0 Å². The lowest BCUT2D eigenvalue weighted by Gasteiger charge is -2.38. The molecule has 2 rings (SSSR count). The number of hydrogen-bond donors (Lipinski definition) is 2. The fraction of sp³-hybridized carbons (Fsp3) is 0.571. The Morgan fingerprint density at radius 3 is 1.26 bits per heavy atom. The fourth-order valence-electron chi connectivity index (χ4n) is 4.64. The van der Waals surface area contributed by atoms with Crippen LogP contribution >= 0.6 is 0 Å². The van der Waals surface area contributed by atoms with Gasteiger partial charge in [0.15, 0.2) is 0 Å². The van der Waals surface area contributed by atoms with E-state index in [1.807, 2.05) is 38.1 Å². The molecule has 2 atom stereocenters. The monoisotopic (exact) mass is 488 g/mol. The summed E-state index contributed by atoms with van der Waals surface area (Å²) in [6.45, 7) is 6.14. The number of methoxy groups -OCH3 is 4. The van der Waals surface area contributed by atoms with Crippen molar-refractivity contribution < 1.29 is 23.7 Å². The molecule has 0 aliphatic carbocycles. The van der Waals surface area contributed by atoms with Crippen molar-refractivity contribution in [2.45, 2.75) is 51.0 Å². The molecule has 0 heterocycles. The molecular weight excluding hydrogens is 444 g/mol. The Morgan fingerprint density at radius 2 is 0.914 bits per heavy atom. The van der Waals surface area contributed by atoms with Gasteiger partial charge in [0.05, 0.1) is 26.4 Å². The van der Waals surface area contributed by atoms with Crippen molar-refractivity contribution in [2.24, 2.45) is 11.5 Å². The van der Waals surface area contributed by atoms with E-state index >= 15 is 0 Å². The third-order valence-electron chi connectivity index (χ3n) is 6.30. The first kappa shape index (κ1) is 29.4. The number of ether oxygens (including phenoxy) is 5. The molecule has 35 heavy (non-hydrogen) atoms. The smallest absolute Gasteiger partial charge is 0.143 e. The van der Waals surface area contributed by atoms with E-state index in [0.717, 1.165) is 47.9 Å². The second kappa shape index (κ2) is 14.0. The minimum Gasteiger partial charge on any atom is -0.384 e. The van der Waals surface area contributed by atoms with Crippen molar-refractivity contribution in [3.8, 4) is 0 Å². The van der Waals surface area contributed by atoms with Crippen LogP contribution in [0.25, 0.3) is 0 Å². The van der Waals surface area contributed by atoms with Crippen LogP contribution in [0.4, 0.5) is 0 Å². The predicted octanol–water partition coefficient (Wildman–Crippen LogP) is 3.42. The Kier molecular flexibility index (Phi) is 11.8. The Hall–Kier alpha value is -1.84. The molecule has 0 fully saturated rings. The van der Waals surface area contributed by atoms with Crippen LogP contribution in [0.5, 0.6) is 0 Å². The zero-order chi connectivity index (χ0) is 25.9. The van der Waals surface area contributed by atoms with Gasteiger partial charge in [0, 0.05) is 39.6 Å². The van der Waals surface area contributed by atoms with E-state index in [-0.39, 0.29) is 0 Å². The summed E-state index contributed by atoms with van der Waals surface area (Å²) in [5, 5.41) is 0. The highest BCUT2D eigenvalue weighted by atomic mass is 16.5. The van der Waals surface area contributed by atoms with Gasteiger partial charge in [0.1, 0.15) is 11.4 Å². The maximum absolute atomic E-state index is 6.88. The summed E-state index contributed by atoms with van der Waals surface area (Å²) in [6.07, 6.45) is 2.99. The summed E-state index contributed by atoms with van der Waals surface area (Å²) in [5.41, 5.74) is 17.8. The summed E-state index contributed by atoms with van der Waals surface area (Å²) in [5.74, 6) is 0. The van der Waals surface area contributed by atoms with E-state index in [1.165, 1.54) is 11.1 Å². The van der Waals surface area contributed by atoms with Crippen LogP contribution in [0.15, 0.2) is 36.4 Å². The van der Waals surface area contributed by atoms with Gasteiger partial charge in [-0.15, -0.1) is 0 Å². The quantitative estimate of drug-likeness (QED) is 0.349. The van der Waals surface area contributed by atoms with Crippen LogP contribution in [-0.4, -0.2) is 54.9 Å². The highest BCUT2D eigenvalue weighted by Gasteiger charge is 2.36. The summed E-state index contributed by atoms with van der Waals surface area (Å²) in [7, 11) is 6.81. The average molecular weight is 489 g/mol. The third kappa shape index (κ3) is 8.08. The maximum Gasteiger partial charge on any atom is 0.143 e. The summed E-state index contributed by atoms with van der Waals surface area (Å²) >= 11 is 0. The van der Waals surface area contributed by atoms with E-state index < -0.39 is 11.4 Å². The lowest BCUT2D eigenvalue weighted by molar-refractivity contribution is -0.147. The first-order chi connectivity index (χ1) is 16.7. The topological polar surface area (TPSA) is 98.2 Å². The molecule has 0 bridgehead atoms. The van der Waals surface area contributed by atoms with Gasteiger partial charge in [-0.05, 0) is 61.8 Å². The van der Waals surface area contributed by atoms with E-state index in [0.29, 0.717) is 26.4 Å². The minimum atomic E-state index is -1.14. The second-order valence-electron chi connectivity index (χ2n) is 9.17. The van der Waals surface area contributed by atoms with Crippen molar-refractivity contribution in [3.05, 3.63) is 69.8 Å². The van der Waals surface area contributed by atoms with Crippen molar-refractivity contribution >= 4 is 0 Å². The molecule has 0 saturated heterocycles. The maximum atomic E-state index is 6.88. The molecule has 2 unspecified atom stereocenters. The van der Waals surface area contributed by atoms with Gasteiger partial charge in [-0.1, -0.05) is 36.4 Å². The van der Waals surface area contributed by atoms with E-state index in [9.17, 15) is 0 Å². The number of benzene rings is 2. The van der Waals surface area contributed by atoms with Gasteiger partial charge in [-0.2, -0.15) is 0 Å². The number of rotatable bonds is 16. The predicted molar refractivity (Wildman–Crippen MR) is 139 cm³/mol. The standard InChI is InChI=1S/C28H44N2O5/c1-27(29,25-11-7-9-21(13-17-31-3)23(25)15-19-33-5)35-28(2,30)26-12-8-10-22(14-18-32-4)24(26)16-20-34-6/h7-12H,13-20,29-30H2,1-6H3. The SMILES string of the molecule is COCCc1cccc(C(C)(N)OC(C)(N)c2cccc(CCOC)c2CCOC)c1CCOC. The zero-order valence-corrected chi connectivity index (χ0v) is 22.3. The molecule has 0 radical (unpaired) electrons. The van der Waals surface area contributed by atoms with Crippen LogP contribution in [0.3, 0.4) is 0 Å². The van der Waals surface area contributed by atoms with E-state index in [2.05, 4.69) is 12.1 Å². The molecular formula is C28H44N2O5. The number of hydrogen-bond acceptors (Lipinski definition) is 7. The fourth-order valence-corrected chi connectivity index (χ4v) is 4.64.